The largest absolute Gasteiger partial charge is 0.381 e. The van der Waals surface area contributed by atoms with Crippen LogP contribution in [-0.2, 0) is 4.74 Å². The standard InChI is InChI=1S/C12H15F2NO.ClH/c13-10-2-1-9(7-11(10)14)12(15)8-3-5-16-6-4-8;/h1-2,7-8,12H,3-6,15H2;1H/t12-;/m0./s1. The lowest BCUT2D eigenvalue weighted by molar-refractivity contribution is 0.0583. The van der Waals surface area contributed by atoms with Crippen molar-refractivity contribution in [2.75, 3.05) is 13.2 Å². The summed E-state index contributed by atoms with van der Waals surface area (Å²) in [6, 6.07) is 3.64. The van der Waals surface area contributed by atoms with Gasteiger partial charge in [-0.3, -0.25) is 0 Å². The first kappa shape index (κ1) is 14.4. The molecule has 2 rings (SSSR count). The molecular weight excluding hydrogens is 248 g/mol. The highest BCUT2D eigenvalue weighted by Crippen LogP contribution is 2.28. The summed E-state index contributed by atoms with van der Waals surface area (Å²) >= 11 is 0. The van der Waals surface area contributed by atoms with Gasteiger partial charge in [0.05, 0.1) is 0 Å². The molecule has 1 heterocycles. The van der Waals surface area contributed by atoms with Crippen molar-refractivity contribution in [3.05, 3.63) is 35.4 Å². The van der Waals surface area contributed by atoms with Crippen LogP contribution in [-0.4, -0.2) is 13.2 Å². The minimum Gasteiger partial charge on any atom is -0.381 e. The van der Waals surface area contributed by atoms with Crippen LogP contribution in [0.1, 0.15) is 24.4 Å². The van der Waals surface area contributed by atoms with Crippen LogP contribution in [0.2, 0.25) is 0 Å². The van der Waals surface area contributed by atoms with E-state index in [9.17, 15) is 8.78 Å². The Balaban J connectivity index is 0.00000144. The van der Waals surface area contributed by atoms with E-state index in [2.05, 4.69) is 0 Å². The van der Waals surface area contributed by atoms with Crippen molar-refractivity contribution in [1.29, 1.82) is 0 Å². The van der Waals surface area contributed by atoms with Crippen molar-refractivity contribution in [2.24, 2.45) is 11.7 Å². The van der Waals surface area contributed by atoms with Crippen LogP contribution in [0.4, 0.5) is 8.78 Å². The second-order valence-corrected chi connectivity index (χ2v) is 4.15. The van der Waals surface area contributed by atoms with E-state index < -0.39 is 11.6 Å². The minimum atomic E-state index is -0.833. The van der Waals surface area contributed by atoms with Gasteiger partial charge in [0.1, 0.15) is 0 Å². The van der Waals surface area contributed by atoms with Gasteiger partial charge in [0.2, 0.25) is 0 Å². The van der Waals surface area contributed by atoms with E-state index in [0.717, 1.165) is 18.9 Å². The van der Waals surface area contributed by atoms with Crippen molar-refractivity contribution < 1.29 is 13.5 Å². The van der Waals surface area contributed by atoms with Gasteiger partial charge in [0.25, 0.3) is 0 Å². The maximum Gasteiger partial charge on any atom is 0.159 e. The molecular formula is C12H16ClF2NO. The molecule has 0 unspecified atom stereocenters. The monoisotopic (exact) mass is 263 g/mol. The Bertz CT molecular complexity index is 370. The number of rotatable bonds is 2. The average molecular weight is 264 g/mol. The van der Waals surface area contributed by atoms with Crippen LogP contribution < -0.4 is 5.73 Å². The smallest absolute Gasteiger partial charge is 0.159 e. The van der Waals surface area contributed by atoms with E-state index in [1.165, 1.54) is 6.07 Å². The molecule has 1 aromatic carbocycles. The van der Waals surface area contributed by atoms with E-state index in [1.54, 1.807) is 6.07 Å². The first-order valence-corrected chi connectivity index (χ1v) is 5.47. The summed E-state index contributed by atoms with van der Waals surface area (Å²) in [4.78, 5) is 0. The zero-order valence-electron chi connectivity index (χ0n) is 9.36. The number of hydrogen-bond acceptors (Lipinski definition) is 2. The Morgan fingerprint density at radius 1 is 1.18 bits per heavy atom. The summed E-state index contributed by atoms with van der Waals surface area (Å²) in [5.74, 6) is -1.37. The molecule has 0 bridgehead atoms. The van der Waals surface area contributed by atoms with Gasteiger partial charge in [-0.1, -0.05) is 6.07 Å². The van der Waals surface area contributed by atoms with Gasteiger partial charge in [-0.25, -0.2) is 8.78 Å². The number of hydrogen-bond donors (Lipinski definition) is 1. The van der Waals surface area contributed by atoms with Crippen LogP contribution in [0.15, 0.2) is 18.2 Å². The number of benzene rings is 1. The van der Waals surface area contributed by atoms with Gasteiger partial charge in [0, 0.05) is 19.3 Å². The Morgan fingerprint density at radius 2 is 1.82 bits per heavy atom. The lowest BCUT2D eigenvalue weighted by Crippen LogP contribution is -2.27. The van der Waals surface area contributed by atoms with Crippen LogP contribution in [0.5, 0.6) is 0 Å². The van der Waals surface area contributed by atoms with Crippen molar-refractivity contribution in [3.8, 4) is 0 Å². The molecule has 1 aliphatic heterocycles. The predicted octanol–water partition coefficient (Wildman–Crippen LogP) is 2.81. The van der Waals surface area contributed by atoms with Crippen LogP contribution in [0.3, 0.4) is 0 Å². The van der Waals surface area contributed by atoms with E-state index in [-0.39, 0.29) is 18.4 Å². The average Bonchev–Trinajstić information content (AvgIpc) is 2.33. The third kappa shape index (κ3) is 3.37. The quantitative estimate of drug-likeness (QED) is 0.891. The number of nitrogens with two attached hydrogens (primary N) is 1. The minimum absolute atomic E-state index is 0. The molecule has 0 spiro atoms. The second kappa shape index (κ2) is 6.28. The van der Waals surface area contributed by atoms with Crippen LogP contribution >= 0.6 is 12.4 Å². The van der Waals surface area contributed by atoms with Gasteiger partial charge in [-0.2, -0.15) is 0 Å². The molecule has 0 amide bonds. The fraction of sp³-hybridized carbons (Fsp3) is 0.500. The molecule has 5 heteroatoms. The Kier molecular flexibility index (Phi) is 5.31. The third-order valence-corrected chi connectivity index (χ3v) is 3.10. The molecule has 1 atom stereocenters. The zero-order chi connectivity index (χ0) is 11.5. The molecule has 96 valence electrons. The summed E-state index contributed by atoms with van der Waals surface area (Å²) in [6.07, 6.45) is 1.75. The molecule has 17 heavy (non-hydrogen) atoms. The SMILES string of the molecule is Cl.N[C@H](c1ccc(F)c(F)c1)C1CCOCC1. The highest BCUT2D eigenvalue weighted by atomic mass is 35.5. The van der Waals surface area contributed by atoms with Crippen molar-refractivity contribution in [2.45, 2.75) is 18.9 Å². The maximum atomic E-state index is 13.1. The molecule has 1 fully saturated rings. The van der Waals surface area contributed by atoms with Crippen LogP contribution in [0.25, 0.3) is 0 Å². The summed E-state index contributed by atoms with van der Waals surface area (Å²) in [6.45, 7) is 1.39. The highest BCUT2D eigenvalue weighted by molar-refractivity contribution is 5.85. The summed E-state index contributed by atoms with van der Waals surface area (Å²) < 4.78 is 31.1. The predicted molar refractivity (Wildman–Crippen MR) is 64.1 cm³/mol. The molecule has 1 saturated heterocycles. The van der Waals surface area contributed by atoms with Gasteiger partial charge >= 0.3 is 0 Å². The maximum absolute atomic E-state index is 13.1. The molecule has 0 aromatic heterocycles. The van der Waals surface area contributed by atoms with Gasteiger partial charge in [-0.05, 0) is 36.5 Å². The fourth-order valence-electron chi connectivity index (χ4n) is 2.07. The van der Waals surface area contributed by atoms with Crippen molar-refractivity contribution >= 4 is 12.4 Å². The van der Waals surface area contributed by atoms with Gasteiger partial charge in [-0.15, -0.1) is 12.4 Å². The normalized spacial score (nSPS) is 18.5. The van der Waals surface area contributed by atoms with E-state index in [4.69, 9.17) is 10.5 Å². The summed E-state index contributed by atoms with van der Waals surface area (Å²) in [5, 5.41) is 0. The number of ether oxygens (including phenoxy) is 1. The Morgan fingerprint density at radius 3 is 2.41 bits per heavy atom. The number of halogens is 3. The van der Waals surface area contributed by atoms with Crippen molar-refractivity contribution in [1.82, 2.24) is 0 Å². The van der Waals surface area contributed by atoms with Gasteiger partial charge in [0.15, 0.2) is 11.6 Å². The molecule has 0 saturated carbocycles. The van der Waals surface area contributed by atoms with E-state index >= 15 is 0 Å². The van der Waals surface area contributed by atoms with E-state index in [1.807, 2.05) is 0 Å². The summed E-state index contributed by atoms with van der Waals surface area (Å²) in [5.41, 5.74) is 6.70. The highest BCUT2D eigenvalue weighted by Gasteiger charge is 2.22. The fourth-order valence-corrected chi connectivity index (χ4v) is 2.07. The lowest BCUT2D eigenvalue weighted by atomic mass is 9.88. The molecule has 0 radical (unpaired) electrons. The Hall–Kier alpha value is -0.710. The first-order valence-electron chi connectivity index (χ1n) is 5.47. The molecule has 1 aromatic rings. The second-order valence-electron chi connectivity index (χ2n) is 4.15. The van der Waals surface area contributed by atoms with Crippen molar-refractivity contribution in [3.63, 3.8) is 0 Å². The molecule has 0 aliphatic carbocycles. The van der Waals surface area contributed by atoms with Crippen LogP contribution in [0, 0.1) is 17.6 Å². The van der Waals surface area contributed by atoms with E-state index in [0.29, 0.717) is 24.7 Å². The zero-order valence-corrected chi connectivity index (χ0v) is 10.2. The Labute approximate surface area is 106 Å². The topological polar surface area (TPSA) is 35.2 Å². The molecule has 1 aliphatic rings. The lowest BCUT2D eigenvalue weighted by Gasteiger charge is -2.27. The first-order chi connectivity index (χ1) is 7.68. The summed E-state index contributed by atoms with van der Waals surface area (Å²) in [7, 11) is 0. The molecule has 2 N–H and O–H groups in total. The van der Waals surface area contributed by atoms with Gasteiger partial charge < -0.3 is 10.5 Å². The third-order valence-electron chi connectivity index (χ3n) is 3.10. The molecule has 2 nitrogen and oxygen atoms in total.